The molecule has 3 rings (SSSR count). The van der Waals surface area contributed by atoms with E-state index in [1.54, 1.807) is 24.3 Å². The Balaban J connectivity index is 1.58. The predicted molar refractivity (Wildman–Crippen MR) is 125 cm³/mol. The van der Waals surface area contributed by atoms with Crippen LogP contribution in [-0.2, 0) is 14.8 Å². The maximum absolute atomic E-state index is 13.0. The molecule has 168 valence electrons. The van der Waals surface area contributed by atoms with Gasteiger partial charge in [-0.05, 0) is 42.2 Å². The minimum Gasteiger partial charge on any atom is -0.325 e. The monoisotopic (exact) mass is 484 g/mol. The van der Waals surface area contributed by atoms with E-state index in [1.165, 1.54) is 4.31 Å². The molecule has 31 heavy (non-hydrogen) atoms. The summed E-state index contributed by atoms with van der Waals surface area (Å²) in [4.78, 5) is 13.8. The Morgan fingerprint density at radius 1 is 1.10 bits per heavy atom. The number of hydrogen-bond donors (Lipinski definition) is 2. The van der Waals surface area contributed by atoms with E-state index in [2.05, 4.69) is 19.2 Å². The minimum atomic E-state index is -3.54. The van der Waals surface area contributed by atoms with E-state index in [4.69, 9.17) is 23.2 Å². The summed E-state index contributed by atoms with van der Waals surface area (Å²) in [6.45, 7) is 8.03. The van der Waals surface area contributed by atoms with Crippen LogP contribution in [0.4, 0.5) is 5.69 Å². The molecule has 6 nitrogen and oxygen atoms in total. The van der Waals surface area contributed by atoms with Crippen LogP contribution < -0.4 is 10.2 Å². The standard InChI is InChI=1S/C22H27Cl2N3O3S/c1-15(2)17-5-7-18(8-6-17)31(29,30)27-12-10-26(11-13-27)14-20(28)25-22-19(23)9-4-16(3)21(22)24/h4-9,15H,10-14H2,1-3H3,(H,25,28)/p+1. The molecule has 0 spiro atoms. The number of rotatable bonds is 6. The van der Waals surface area contributed by atoms with Gasteiger partial charge in [-0.15, -0.1) is 0 Å². The molecule has 1 aliphatic rings. The van der Waals surface area contributed by atoms with Crippen LogP contribution in [0, 0.1) is 6.92 Å². The van der Waals surface area contributed by atoms with E-state index in [9.17, 15) is 13.2 Å². The Labute approximate surface area is 194 Å². The highest BCUT2D eigenvalue weighted by Gasteiger charge is 2.31. The molecule has 0 aliphatic carbocycles. The van der Waals surface area contributed by atoms with Crippen molar-refractivity contribution < 1.29 is 18.1 Å². The predicted octanol–water partition coefficient (Wildman–Crippen LogP) is 2.95. The van der Waals surface area contributed by atoms with Gasteiger partial charge in [-0.3, -0.25) is 4.79 Å². The summed E-state index contributed by atoms with van der Waals surface area (Å²) in [5, 5.41) is 3.61. The average molecular weight is 485 g/mol. The van der Waals surface area contributed by atoms with Crippen molar-refractivity contribution >= 4 is 44.8 Å². The van der Waals surface area contributed by atoms with Crippen molar-refractivity contribution in [3.05, 3.63) is 57.6 Å². The normalized spacial score (nSPS) is 15.9. The number of aryl methyl sites for hydroxylation is 1. The van der Waals surface area contributed by atoms with Crippen LogP contribution in [-0.4, -0.2) is 51.4 Å². The topological polar surface area (TPSA) is 70.9 Å². The molecule has 1 aliphatic heterocycles. The van der Waals surface area contributed by atoms with E-state index < -0.39 is 10.0 Å². The maximum Gasteiger partial charge on any atom is 0.279 e. The lowest BCUT2D eigenvalue weighted by atomic mass is 10.0. The summed E-state index contributed by atoms with van der Waals surface area (Å²) in [7, 11) is -3.54. The van der Waals surface area contributed by atoms with Gasteiger partial charge >= 0.3 is 0 Å². The van der Waals surface area contributed by atoms with Gasteiger partial charge in [-0.2, -0.15) is 4.31 Å². The lowest BCUT2D eigenvalue weighted by molar-refractivity contribution is -0.895. The first-order valence-electron chi connectivity index (χ1n) is 10.3. The number of quaternary nitrogens is 1. The first kappa shape index (κ1) is 24.0. The van der Waals surface area contributed by atoms with Crippen molar-refractivity contribution in [3.63, 3.8) is 0 Å². The van der Waals surface area contributed by atoms with E-state index in [1.807, 2.05) is 19.1 Å². The highest BCUT2D eigenvalue weighted by Crippen LogP contribution is 2.32. The fourth-order valence-electron chi connectivity index (χ4n) is 3.58. The number of amides is 1. The van der Waals surface area contributed by atoms with Gasteiger partial charge in [0.15, 0.2) is 6.54 Å². The summed E-state index contributed by atoms with van der Waals surface area (Å²) in [5.41, 5.74) is 2.35. The zero-order chi connectivity index (χ0) is 22.8. The number of hydrogen-bond acceptors (Lipinski definition) is 3. The van der Waals surface area contributed by atoms with Gasteiger partial charge < -0.3 is 10.2 Å². The Kier molecular flexibility index (Phi) is 7.65. The second-order valence-corrected chi connectivity index (χ2v) is 10.9. The van der Waals surface area contributed by atoms with E-state index in [0.717, 1.165) is 16.0 Å². The number of sulfonamides is 1. The molecule has 0 radical (unpaired) electrons. The van der Waals surface area contributed by atoms with Crippen molar-refractivity contribution in [3.8, 4) is 0 Å². The average Bonchev–Trinajstić information content (AvgIpc) is 2.74. The Morgan fingerprint density at radius 3 is 2.29 bits per heavy atom. The fourth-order valence-corrected chi connectivity index (χ4v) is 5.48. The van der Waals surface area contributed by atoms with E-state index >= 15 is 0 Å². The number of anilines is 1. The maximum atomic E-state index is 13.0. The number of nitrogens with zero attached hydrogens (tertiary/aromatic N) is 1. The van der Waals surface area contributed by atoms with E-state index in [-0.39, 0.29) is 12.5 Å². The highest BCUT2D eigenvalue weighted by atomic mass is 35.5. The molecule has 1 heterocycles. The number of piperazine rings is 1. The molecule has 2 aromatic rings. The summed E-state index contributed by atoms with van der Waals surface area (Å²) < 4.78 is 27.4. The molecule has 0 saturated carbocycles. The van der Waals surface area contributed by atoms with Crippen molar-refractivity contribution in [2.45, 2.75) is 31.6 Å². The van der Waals surface area contributed by atoms with Gasteiger partial charge in [-0.25, -0.2) is 8.42 Å². The summed E-state index contributed by atoms with van der Waals surface area (Å²) in [6.07, 6.45) is 0. The lowest BCUT2D eigenvalue weighted by Crippen LogP contribution is -3.15. The Morgan fingerprint density at radius 2 is 1.71 bits per heavy atom. The molecule has 1 amide bonds. The zero-order valence-corrected chi connectivity index (χ0v) is 20.2. The second kappa shape index (κ2) is 9.88. The minimum absolute atomic E-state index is 0.204. The van der Waals surface area contributed by atoms with Crippen LogP contribution in [0.25, 0.3) is 0 Å². The largest absolute Gasteiger partial charge is 0.325 e. The van der Waals surface area contributed by atoms with Crippen LogP contribution >= 0.6 is 23.2 Å². The van der Waals surface area contributed by atoms with Crippen molar-refractivity contribution in [2.24, 2.45) is 0 Å². The van der Waals surface area contributed by atoms with Gasteiger partial charge in [0.05, 0.1) is 46.8 Å². The molecule has 0 bridgehead atoms. The molecule has 0 aromatic heterocycles. The number of carbonyl (C=O) groups is 1. The molecular weight excluding hydrogens is 457 g/mol. The fraction of sp³-hybridized carbons (Fsp3) is 0.409. The third-order valence-electron chi connectivity index (χ3n) is 5.57. The molecule has 1 saturated heterocycles. The van der Waals surface area contributed by atoms with Crippen molar-refractivity contribution in [2.75, 3.05) is 38.0 Å². The van der Waals surface area contributed by atoms with Gasteiger partial charge in [0.2, 0.25) is 10.0 Å². The molecule has 0 atom stereocenters. The van der Waals surface area contributed by atoms with Gasteiger partial charge in [0, 0.05) is 0 Å². The summed E-state index contributed by atoms with van der Waals surface area (Å²) in [5.74, 6) is 0.143. The Bertz CT molecular complexity index is 1050. The van der Waals surface area contributed by atoms with Crippen molar-refractivity contribution in [1.82, 2.24) is 4.31 Å². The quantitative estimate of drug-likeness (QED) is 0.661. The lowest BCUT2D eigenvalue weighted by Gasteiger charge is -2.31. The number of halogens is 2. The summed E-state index contributed by atoms with van der Waals surface area (Å²) in [6, 6.07) is 10.6. The molecule has 0 unspecified atom stereocenters. The zero-order valence-electron chi connectivity index (χ0n) is 17.9. The molecule has 2 N–H and O–H groups in total. The van der Waals surface area contributed by atoms with Crippen LogP contribution in [0.15, 0.2) is 41.3 Å². The summed E-state index contributed by atoms with van der Waals surface area (Å²) >= 11 is 12.4. The van der Waals surface area contributed by atoms with Crippen LogP contribution in [0.5, 0.6) is 0 Å². The highest BCUT2D eigenvalue weighted by molar-refractivity contribution is 7.89. The van der Waals surface area contributed by atoms with Gasteiger partial charge in [-0.1, -0.05) is 55.2 Å². The first-order valence-corrected chi connectivity index (χ1v) is 12.5. The van der Waals surface area contributed by atoms with Crippen molar-refractivity contribution in [1.29, 1.82) is 0 Å². The molecule has 1 fully saturated rings. The van der Waals surface area contributed by atoms with Crippen LogP contribution in [0.2, 0.25) is 10.0 Å². The molecular formula is C22H28Cl2N3O3S+. The second-order valence-electron chi connectivity index (χ2n) is 8.16. The number of benzene rings is 2. The third-order valence-corrected chi connectivity index (χ3v) is 8.29. The number of nitrogens with one attached hydrogen (secondary N) is 2. The van der Waals surface area contributed by atoms with Gasteiger partial charge in [0.1, 0.15) is 0 Å². The SMILES string of the molecule is Cc1ccc(Cl)c(NC(=O)C[NH+]2CCN(S(=O)(=O)c3ccc(C(C)C)cc3)CC2)c1Cl. The first-order chi connectivity index (χ1) is 14.6. The van der Waals surface area contributed by atoms with Crippen LogP contribution in [0.1, 0.15) is 30.9 Å². The van der Waals surface area contributed by atoms with E-state index in [0.29, 0.717) is 52.7 Å². The Hall–Kier alpha value is -1.64. The smallest absolute Gasteiger partial charge is 0.279 e. The molecule has 2 aromatic carbocycles. The number of carbonyl (C=O) groups excluding carboxylic acids is 1. The van der Waals surface area contributed by atoms with Gasteiger partial charge in [0.25, 0.3) is 5.91 Å². The third kappa shape index (κ3) is 5.59. The molecule has 9 heteroatoms. The van der Waals surface area contributed by atoms with Crippen LogP contribution in [0.3, 0.4) is 0 Å².